The molecule has 2 aromatic rings. The van der Waals surface area contributed by atoms with Gasteiger partial charge in [-0.2, -0.15) is 0 Å². The van der Waals surface area contributed by atoms with Crippen LogP contribution in [0.1, 0.15) is 25.1 Å². The molecule has 0 bridgehead atoms. The van der Waals surface area contributed by atoms with E-state index in [4.69, 9.17) is 16.3 Å². The lowest BCUT2D eigenvalue weighted by Gasteiger charge is -2.09. The second-order valence-electron chi connectivity index (χ2n) is 4.44. The normalized spacial score (nSPS) is 11.2. The minimum absolute atomic E-state index is 0.0748. The Morgan fingerprint density at radius 1 is 1.42 bits per heavy atom. The largest absolute Gasteiger partial charge is 0.374 e. The maximum Gasteiger partial charge on any atom is 0.128 e. The summed E-state index contributed by atoms with van der Waals surface area (Å²) in [7, 11) is 0. The predicted octanol–water partition coefficient (Wildman–Crippen LogP) is 4.61. The van der Waals surface area contributed by atoms with Crippen LogP contribution in [0.2, 0.25) is 0 Å². The molecular weight excluding hydrogens is 285 g/mol. The van der Waals surface area contributed by atoms with Crippen molar-refractivity contribution in [1.29, 1.82) is 0 Å². The summed E-state index contributed by atoms with van der Waals surface area (Å²) in [5.74, 6) is 0.139. The van der Waals surface area contributed by atoms with Crippen LogP contribution in [0, 0.1) is 5.82 Å². The average molecular weight is 300 g/mol. The molecule has 0 aliphatic heterocycles. The molecule has 0 N–H and O–H groups in total. The molecule has 0 spiro atoms. The predicted molar refractivity (Wildman–Crippen MR) is 77.0 cm³/mol. The van der Waals surface area contributed by atoms with Gasteiger partial charge in [0.05, 0.1) is 24.3 Å². The Morgan fingerprint density at radius 3 is 2.84 bits per heavy atom. The van der Waals surface area contributed by atoms with Crippen LogP contribution in [-0.4, -0.2) is 11.1 Å². The number of hydrogen-bond acceptors (Lipinski definition) is 3. The number of halogens is 2. The van der Waals surface area contributed by atoms with Crippen molar-refractivity contribution in [2.24, 2.45) is 0 Å². The second kappa shape index (κ2) is 6.46. The van der Waals surface area contributed by atoms with Crippen LogP contribution in [-0.2, 0) is 17.2 Å². The topological polar surface area (TPSA) is 22.1 Å². The first-order valence-corrected chi connectivity index (χ1v) is 7.42. The Hall–Kier alpha value is -0.970. The highest BCUT2D eigenvalue weighted by atomic mass is 35.5. The SMILES string of the molecule is CC(C)OCc1cc(-c2nc(CCl)cs2)ccc1F. The van der Waals surface area contributed by atoms with Gasteiger partial charge in [0.25, 0.3) is 0 Å². The molecule has 102 valence electrons. The lowest BCUT2D eigenvalue weighted by atomic mass is 10.1. The van der Waals surface area contributed by atoms with Gasteiger partial charge >= 0.3 is 0 Å². The number of benzene rings is 1. The van der Waals surface area contributed by atoms with Crippen molar-refractivity contribution >= 4 is 22.9 Å². The molecule has 0 saturated carbocycles. The fraction of sp³-hybridized carbons (Fsp3) is 0.357. The summed E-state index contributed by atoms with van der Waals surface area (Å²) in [6.45, 7) is 4.12. The summed E-state index contributed by atoms with van der Waals surface area (Å²) in [5, 5.41) is 2.76. The summed E-state index contributed by atoms with van der Waals surface area (Å²) >= 11 is 7.24. The molecule has 5 heteroatoms. The highest BCUT2D eigenvalue weighted by Crippen LogP contribution is 2.26. The number of thiazole rings is 1. The van der Waals surface area contributed by atoms with Gasteiger partial charge in [0.15, 0.2) is 0 Å². The van der Waals surface area contributed by atoms with Crippen LogP contribution in [0.15, 0.2) is 23.6 Å². The van der Waals surface area contributed by atoms with Crippen molar-refractivity contribution in [3.05, 3.63) is 40.7 Å². The van der Waals surface area contributed by atoms with Crippen molar-refractivity contribution < 1.29 is 9.13 Å². The Bertz CT molecular complexity index is 556. The lowest BCUT2D eigenvalue weighted by molar-refractivity contribution is 0.0639. The van der Waals surface area contributed by atoms with Crippen LogP contribution < -0.4 is 0 Å². The van der Waals surface area contributed by atoms with E-state index in [0.29, 0.717) is 11.4 Å². The molecule has 0 radical (unpaired) electrons. The number of rotatable bonds is 5. The minimum atomic E-state index is -0.251. The van der Waals surface area contributed by atoms with Gasteiger partial charge in [-0.1, -0.05) is 0 Å². The fourth-order valence-corrected chi connectivity index (χ4v) is 2.62. The van der Waals surface area contributed by atoms with Crippen molar-refractivity contribution in [2.45, 2.75) is 32.4 Å². The third-order valence-electron chi connectivity index (χ3n) is 2.55. The number of hydrogen-bond donors (Lipinski definition) is 0. The Labute approximate surface area is 121 Å². The molecule has 19 heavy (non-hydrogen) atoms. The molecule has 1 heterocycles. The monoisotopic (exact) mass is 299 g/mol. The van der Waals surface area contributed by atoms with Gasteiger partial charge in [-0.15, -0.1) is 22.9 Å². The van der Waals surface area contributed by atoms with E-state index in [1.807, 2.05) is 19.2 Å². The van der Waals surface area contributed by atoms with Gasteiger partial charge in [0.1, 0.15) is 10.8 Å². The first kappa shape index (κ1) is 14.4. The molecule has 1 aromatic carbocycles. The van der Waals surface area contributed by atoms with Crippen molar-refractivity contribution in [1.82, 2.24) is 4.98 Å². The third kappa shape index (κ3) is 3.75. The third-order valence-corrected chi connectivity index (χ3v) is 3.77. The zero-order valence-corrected chi connectivity index (χ0v) is 12.4. The van der Waals surface area contributed by atoms with E-state index >= 15 is 0 Å². The van der Waals surface area contributed by atoms with Crippen LogP contribution in [0.5, 0.6) is 0 Å². The zero-order valence-electron chi connectivity index (χ0n) is 10.8. The van der Waals surface area contributed by atoms with E-state index in [1.54, 1.807) is 12.1 Å². The van der Waals surface area contributed by atoms with Crippen LogP contribution in [0.25, 0.3) is 10.6 Å². The van der Waals surface area contributed by atoms with Gasteiger partial charge < -0.3 is 4.74 Å². The molecule has 0 aliphatic rings. The quantitative estimate of drug-likeness (QED) is 0.752. The van der Waals surface area contributed by atoms with Gasteiger partial charge in [-0.25, -0.2) is 9.37 Å². The highest BCUT2D eigenvalue weighted by Gasteiger charge is 2.09. The molecular formula is C14H15ClFNOS. The summed E-state index contributed by atoms with van der Waals surface area (Å²) in [6.07, 6.45) is 0.0748. The Kier molecular flexibility index (Phi) is 4.91. The molecule has 0 fully saturated rings. The molecule has 0 unspecified atom stereocenters. The standard InChI is InChI=1S/C14H15ClFNOS/c1-9(2)18-7-11-5-10(3-4-13(11)16)14-17-12(6-15)8-19-14/h3-5,8-9H,6-7H2,1-2H3. The smallest absolute Gasteiger partial charge is 0.128 e. The maximum atomic E-state index is 13.7. The summed E-state index contributed by atoms with van der Waals surface area (Å²) in [4.78, 5) is 4.39. The van der Waals surface area contributed by atoms with Gasteiger partial charge in [0.2, 0.25) is 0 Å². The van der Waals surface area contributed by atoms with Crippen LogP contribution in [0.4, 0.5) is 4.39 Å². The lowest BCUT2D eigenvalue weighted by Crippen LogP contribution is -2.03. The van der Waals surface area contributed by atoms with E-state index in [-0.39, 0.29) is 18.5 Å². The maximum absolute atomic E-state index is 13.7. The average Bonchev–Trinajstić information content (AvgIpc) is 2.86. The van der Waals surface area contributed by atoms with Gasteiger partial charge in [0, 0.05) is 16.5 Å². The summed E-state index contributed by atoms with van der Waals surface area (Å²) in [5.41, 5.74) is 2.28. The van der Waals surface area contributed by atoms with Gasteiger partial charge in [-0.05, 0) is 32.0 Å². The molecule has 1 aromatic heterocycles. The molecule has 0 atom stereocenters. The zero-order chi connectivity index (χ0) is 13.8. The van der Waals surface area contributed by atoms with E-state index in [9.17, 15) is 4.39 Å². The van der Waals surface area contributed by atoms with Crippen molar-refractivity contribution in [3.63, 3.8) is 0 Å². The first-order valence-electron chi connectivity index (χ1n) is 6.01. The van der Waals surface area contributed by atoms with E-state index in [2.05, 4.69) is 4.98 Å². The number of aromatic nitrogens is 1. The Morgan fingerprint density at radius 2 is 2.21 bits per heavy atom. The molecule has 2 nitrogen and oxygen atoms in total. The molecule has 0 saturated heterocycles. The second-order valence-corrected chi connectivity index (χ2v) is 5.57. The molecule has 2 rings (SSSR count). The van der Waals surface area contributed by atoms with E-state index in [1.165, 1.54) is 17.4 Å². The van der Waals surface area contributed by atoms with Gasteiger partial charge in [-0.3, -0.25) is 0 Å². The Balaban J connectivity index is 2.24. The number of ether oxygens (including phenoxy) is 1. The van der Waals surface area contributed by atoms with Crippen LogP contribution in [0.3, 0.4) is 0 Å². The summed E-state index contributed by atoms with van der Waals surface area (Å²) < 4.78 is 19.1. The first-order chi connectivity index (χ1) is 9.10. The summed E-state index contributed by atoms with van der Waals surface area (Å²) in [6, 6.07) is 4.97. The highest BCUT2D eigenvalue weighted by molar-refractivity contribution is 7.13. The minimum Gasteiger partial charge on any atom is -0.374 e. The molecule has 0 amide bonds. The number of alkyl halides is 1. The fourth-order valence-electron chi connectivity index (χ4n) is 1.58. The van der Waals surface area contributed by atoms with Crippen molar-refractivity contribution in [2.75, 3.05) is 0 Å². The van der Waals surface area contributed by atoms with Crippen molar-refractivity contribution in [3.8, 4) is 10.6 Å². The molecule has 0 aliphatic carbocycles. The van der Waals surface area contributed by atoms with E-state index in [0.717, 1.165) is 16.3 Å². The van der Waals surface area contributed by atoms with E-state index < -0.39 is 0 Å². The number of nitrogens with zero attached hydrogens (tertiary/aromatic N) is 1. The van der Waals surface area contributed by atoms with Crippen LogP contribution >= 0.6 is 22.9 Å².